The van der Waals surface area contributed by atoms with Gasteiger partial charge >= 0.3 is 0 Å². The maximum Gasteiger partial charge on any atom is 0.193 e. The van der Waals surface area contributed by atoms with Crippen molar-refractivity contribution >= 4 is 47.2 Å². The fraction of sp³-hybridized carbons (Fsp3) is 0.316. The molecular weight excluding hydrogens is 465 g/mol. The molecule has 0 unspecified atom stereocenters. The highest BCUT2D eigenvalue weighted by atomic mass is 127. The molecule has 2 rings (SSSR count). The summed E-state index contributed by atoms with van der Waals surface area (Å²) >= 11 is 6.29. The quantitative estimate of drug-likeness (QED) is 0.351. The lowest BCUT2D eigenvalue weighted by Gasteiger charge is -2.24. The lowest BCUT2D eigenvalue weighted by molar-refractivity contribution is 0.355. The van der Waals surface area contributed by atoms with Gasteiger partial charge in [-0.1, -0.05) is 43.6 Å². The first-order valence-corrected chi connectivity index (χ1v) is 8.29. The van der Waals surface area contributed by atoms with Crippen molar-refractivity contribution in [1.82, 2.24) is 0 Å². The number of anilines is 1. The summed E-state index contributed by atoms with van der Waals surface area (Å²) in [5.41, 5.74) is 7.60. The minimum Gasteiger partial charge on any atom is -0.493 e. The van der Waals surface area contributed by atoms with Crippen LogP contribution in [0.1, 0.15) is 19.4 Å². The van der Waals surface area contributed by atoms with Crippen molar-refractivity contribution in [3.8, 4) is 11.5 Å². The van der Waals surface area contributed by atoms with Crippen molar-refractivity contribution in [2.24, 2.45) is 10.7 Å². The maximum atomic E-state index is 6.29. The van der Waals surface area contributed by atoms with Crippen LogP contribution in [0.4, 0.5) is 5.69 Å². The van der Waals surface area contributed by atoms with E-state index in [1.165, 1.54) is 0 Å². The van der Waals surface area contributed by atoms with Gasteiger partial charge in [-0.05, 0) is 23.8 Å². The third kappa shape index (κ3) is 5.67. The van der Waals surface area contributed by atoms with Crippen LogP contribution in [0.2, 0.25) is 5.02 Å². The number of nitrogens with zero attached hydrogens (tertiary/aromatic N) is 1. The van der Waals surface area contributed by atoms with Crippen LogP contribution in [-0.4, -0.2) is 26.7 Å². The van der Waals surface area contributed by atoms with Crippen molar-refractivity contribution in [2.45, 2.75) is 19.3 Å². The molecule has 0 aliphatic rings. The first-order chi connectivity index (χ1) is 11.9. The van der Waals surface area contributed by atoms with Gasteiger partial charge < -0.3 is 20.5 Å². The van der Waals surface area contributed by atoms with Gasteiger partial charge in [0, 0.05) is 22.2 Å². The van der Waals surface area contributed by atoms with E-state index in [-0.39, 0.29) is 29.4 Å². The van der Waals surface area contributed by atoms with Gasteiger partial charge in [-0.15, -0.1) is 24.0 Å². The Kier molecular flexibility index (Phi) is 8.49. The smallest absolute Gasteiger partial charge is 0.193 e. The molecule has 7 heteroatoms. The van der Waals surface area contributed by atoms with Crippen LogP contribution >= 0.6 is 35.6 Å². The number of methoxy groups -OCH3 is 2. The van der Waals surface area contributed by atoms with Crippen molar-refractivity contribution < 1.29 is 9.47 Å². The van der Waals surface area contributed by atoms with E-state index < -0.39 is 0 Å². The number of benzene rings is 2. The predicted octanol–water partition coefficient (Wildman–Crippen LogP) is 4.68. The number of hydrogen-bond donors (Lipinski definition) is 2. The second-order valence-corrected chi connectivity index (χ2v) is 6.67. The van der Waals surface area contributed by atoms with Gasteiger partial charge in [0.25, 0.3) is 0 Å². The molecule has 5 nitrogen and oxygen atoms in total. The summed E-state index contributed by atoms with van der Waals surface area (Å²) < 4.78 is 10.5. The van der Waals surface area contributed by atoms with Gasteiger partial charge in [-0.3, -0.25) is 4.99 Å². The Morgan fingerprint density at radius 1 is 1.12 bits per heavy atom. The van der Waals surface area contributed by atoms with Gasteiger partial charge in [-0.2, -0.15) is 0 Å². The van der Waals surface area contributed by atoms with Crippen molar-refractivity contribution in [2.75, 3.05) is 26.1 Å². The normalized spacial score (nSPS) is 11.5. The number of halogens is 2. The molecule has 0 amide bonds. The van der Waals surface area contributed by atoms with Crippen molar-refractivity contribution in [1.29, 1.82) is 0 Å². The second-order valence-electron chi connectivity index (χ2n) is 6.26. The summed E-state index contributed by atoms with van der Waals surface area (Å²) in [5, 5.41) is 3.80. The van der Waals surface area contributed by atoms with Crippen LogP contribution in [0.5, 0.6) is 11.5 Å². The number of hydrogen-bond acceptors (Lipinski definition) is 3. The Labute approximate surface area is 177 Å². The molecule has 26 heavy (non-hydrogen) atoms. The fourth-order valence-corrected chi connectivity index (χ4v) is 2.87. The van der Waals surface area contributed by atoms with E-state index in [1.54, 1.807) is 20.3 Å². The lowest BCUT2D eigenvalue weighted by atomic mass is 9.85. The molecule has 2 aromatic carbocycles. The monoisotopic (exact) mass is 489 g/mol. The Morgan fingerprint density at radius 3 is 2.38 bits per heavy atom. The molecule has 0 aromatic heterocycles. The number of nitrogens with two attached hydrogens (primary N) is 1. The highest BCUT2D eigenvalue weighted by Crippen LogP contribution is 2.31. The number of guanidine groups is 1. The molecule has 2 aromatic rings. The molecule has 3 N–H and O–H groups in total. The molecule has 0 saturated heterocycles. The number of nitrogens with one attached hydrogen (secondary N) is 1. The Hall–Kier alpha value is -1.67. The van der Waals surface area contributed by atoms with Crippen LogP contribution in [0.15, 0.2) is 47.5 Å². The summed E-state index contributed by atoms with van der Waals surface area (Å²) in [6, 6.07) is 13.2. The van der Waals surface area contributed by atoms with E-state index in [2.05, 4.69) is 24.2 Å². The molecule has 0 saturated carbocycles. The van der Waals surface area contributed by atoms with E-state index in [9.17, 15) is 0 Å². The third-order valence-electron chi connectivity index (χ3n) is 3.90. The number of ether oxygens (including phenoxy) is 2. The zero-order chi connectivity index (χ0) is 18.4. The van der Waals surface area contributed by atoms with Gasteiger partial charge in [0.15, 0.2) is 17.5 Å². The SMILES string of the molecule is COc1ccc(NC(N)=NCC(C)(C)c2ccccc2Cl)cc1OC.I. The van der Waals surface area contributed by atoms with Gasteiger partial charge in [-0.25, -0.2) is 0 Å². The van der Waals surface area contributed by atoms with E-state index in [0.29, 0.717) is 24.0 Å². The van der Waals surface area contributed by atoms with E-state index in [4.69, 9.17) is 26.8 Å². The molecule has 0 atom stereocenters. The second kappa shape index (κ2) is 9.87. The summed E-state index contributed by atoms with van der Waals surface area (Å²) in [6.45, 7) is 4.67. The average molecular weight is 490 g/mol. The summed E-state index contributed by atoms with van der Waals surface area (Å²) in [5.74, 6) is 1.60. The molecule has 0 aliphatic heterocycles. The first kappa shape index (κ1) is 22.4. The lowest BCUT2D eigenvalue weighted by Crippen LogP contribution is -2.28. The third-order valence-corrected chi connectivity index (χ3v) is 4.23. The zero-order valence-electron chi connectivity index (χ0n) is 15.4. The predicted molar refractivity (Wildman–Crippen MR) is 120 cm³/mol. The molecule has 142 valence electrons. The maximum absolute atomic E-state index is 6.29. The number of rotatable bonds is 6. The van der Waals surface area contributed by atoms with E-state index >= 15 is 0 Å². The first-order valence-electron chi connectivity index (χ1n) is 7.91. The molecule has 0 spiro atoms. The molecule has 0 heterocycles. The summed E-state index contributed by atoms with van der Waals surface area (Å²) in [7, 11) is 3.18. The van der Waals surface area contributed by atoms with Crippen LogP contribution in [0.25, 0.3) is 0 Å². The fourth-order valence-electron chi connectivity index (χ4n) is 2.48. The Bertz CT molecular complexity index is 766. The molecular formula is C19H25ClIN3O2. The minimum absolute atomic E-state index is 0. The highest BCUT2D eigenvalue weighted by Gasteiger charge is 2.22. The highest BCUT2D eigenvalue weighted by molar-refractivity contribution is 14.0. The Balaban J connectivity index is 0.00000338. The van der Waals surface area contributed by atoms with Crippen LogP contribution in [0, 0.1) is 0 Å². The molecule has 0 aliphatic carbocycles. The summed E-state index contributed by atoms with van der Waals surface area (Å²) in [6.07, 6.45) is 0. The molecule has 0 radical (unpaired) electrons. The molecule has 0 fully saturated rings. The zero-order valence-corrected chi connectivity index (χ0v) is 18.5. The standard InChI is InChI=1S/C19H24ClN3O2.HI/c1-19(2,14-7-5-6-8-15(14)20)12-22-18(21)23-13-9-10-16(24-3)17(11-13)25-4;/h5-11H,12H2,1-4H3,(H3,21,22,23);1H. The topological polar surface area (TPSA) is 68.9 Å². The van der Waals surface area contributed by atoms with Gasteiger partial charge in [0.2, 0.25) is 0 Å². The van der Waals surface area contributed by atoms with E-state index in [1.807, 2.05) is 36.4 Å². The Morgan fingerprint density at radius 2 is 1.77 bits per heavy atom. The van der Waals surface area contributed by atoms with Crippen LogP contribution < -0.4 is 20.5 Å². The van der Waals surface area contributed by atoms with Crippen molar-refractivity contribution in [3.05, 3.63) is 53.1 Å². The average Bonchev–Trinajstić information content (AvgIpc) is 2.60. The minimum atomic E-state index is -0.234. The van der Waals surface area contributed by atoms with Crippen LogP contribution in [0.3, 0.4) is 0 Å². The van der Waals surface area contributed by atoms with Gasteiger partial charge in [0.05, 0.1) is 20.8 Å². The van der Waals surface area contributed by atoms with E-state index in [0.717, 1.165) is 16.3 Å². The van der Waals surface area contributed by atoms with Crippen LogP contribution in [-0.2, 0) is 5.41 Å². The van der Waals surface area contributed by atoms with Crippen molar-refractivity contribution in [3.63, 3.8) is 0 Å². The summed E-state index contributed by atoms with van der Waals surface area (Å²) in [4.78, 5) is 4.46. The molecule has 0 bridgehead atoms. The van der Waals surface area contributed by atoms with Gasteiger partial charge in [0.1, 0.15) is 0 Å². The largest absolute Gasteiger partial charge is 0.493 e. The number of aliphatic imine (C=N–C) groups is 1.